The molecule has 1 aliphatic heterocycles. The number of nitrogens with zero attached hydrogens (tertiary/aromatic N) is 1. The van der Waals surface area contributed by atoms with E-state index in [4.69, 9.17) is 16.0 Å². The van der Waals surface area contributed by atoms with E-state index in [1.165, 1.54) is 0 Å². The first-order valence-corrected chi connectivity index (χ1v) is 7.33. The molecule has 20 heavy (non-hydrogen) atoms. The Morgan fingerprint density at radius 1 is 1.20 bits per heavy atom. The summed E-state index contributed by atoms with van der Waals surface area (Å²) in [6, 6.07) is 11.6. The Labute approximate surface area is 123 Å². The van der Waals surface area contributed by atoms with Crippen molar-refractivity contribution in [3.63, 3.8) is 0 Å². The zero-order chi connectivity index (χ0) is 13.9. The topological polar surface area (TPSA) is 36.6 Å². The molecule has 3 nitrogen and oxygen atoms in total. The van der Waals surface area contributed by atoms with Gasteiger partial charge in [-0.3, -0.25) is 4.90 Å². The molecule has 0 spiro atoms. The number of piperidine rings is 1. The van der Waals surface area contributed by atoms with Crippen molar-refractivity contribution in [3.8, 4) is 11.3 Å². The third-order valence-electron chi connectivity index (χ3n) is 3.65. The van der Waals surface area contributed by atoms with Crippen LogP contribution >= 0.6 is 11.6 Å². The quantitative estimate of drug-likeness (QED) is 0.939. The fourth-order valence-corrected chi connectivity index (χ4v) is 2.75. The van der Waals surface area contributed by atoms with Crippen LogP contribution in [0.3, 0.4) is 0 Å². The van der Waals surface area contributed by atoms with Crippen LogP contribution in [-0.4, -0.2) is 29.2 Å². The normalized spacial score (nSPS) is 20.2. The average molecular weight is 292 g/mol. The Balaban J connectivity index is 1.69. The number of benzene rings is 1. The van der Waals surface area contributed by atoms with Gasteiger partial charge < -0.3 is 9.52 Å². The molecule has 106 valence electrons. The highest BCUT2D eigenvalue weighted by Gasteiger charge is 2.18. The van der Waals surface area contributed by atoms with Crippen molar-refractivity contribution in [2.45, 2.75) is 25.5 Å². The van der Waals surface area contributed by atoms with Gasteiger partial charge in [-0.15, -0.1) is 0 Å². The summed E-state index contributed by atoms with van der Waals surface area (Å²) in [5.41, 5.74) is 1.03. The monoisotopic (exact) mass is 291 g/mol. The van der Waals surface area contributed by atoms with Crippen LogP contribution in [0.25, 0.3) is 11.3 Å². The van der Waals surface area contributed by atoms with Crippen molar-refractivity contribution >= 4 is 11.6 Å². The zero-order valence-corrected chi connectivity index (χ0v) is 12.0. The largest absolute Gasteiger partial charge is 0.460 e. The van der Waals surface area contributed by atoms with Crippen LogP contribution < -0.4 is 0 Å². The molecule has 1 aromatic carbocycles. The summed E-state index contributed by atoms with van der Waals surface area (Å²) in [6.45, 7) is 2.51. The van der Waals surface area contributed by atoms with E-state index in [1.54, 1.807) is 0 Å². The van der Waals surface area contributed by atoms with Crippen molar-refractivity contribution in [2.75, 3.05) is 13.1 Å². The summed E-state index contributed by atoms with van der Waals surface area (Å²) in [7, 11) is 0. The lowest BCUT2D eigenvalue weighted by atomic mass is 10.1. The summed E-state index contributed by atoms with van der Waals surface area (Å²) >= 11 is 5.89. The Morgan fingerprint density at radius 2 is 2.00 bits per heavy atom. The van der Waals surface area contributed by atoms with Crippen molar-refractivity contribution in [1.29, 1.82) is 0 Å². The minimum absolute atomic E-state index is 0.200. The molecule has 1 saturated heterocycles. The first kappa shape index (κ1) is 13.7. The first-order valence-electron chi connectivity index (χ1n) is 6.96. The Kier molecular flexibility index (Phi) is 4.10. The van der Waals surface area contributed by atoms with Crippen LogP contribution in [0.2, 0.25) is 5.02 Å². The molecule has 0 amide bonds. The molecule has 1 fully saturated rings. The second kappa shape index (κ2) is 6.00. The molecule has 4 heteroatoms. The van der Waals surface area contributed by atoms with Crippen LogP contribution in [0.1, 0.15) is 18.6 Å². The molecule has 1 atom stereocenters. The molecule has 2 aromatic rings. The molecule has 1 N–H and O–H groups in total. The first-order chi connectivity index (χ1) is 9.70. The van der Waals surface area contributed by atoms with E-state index in [0.717, 1.165) is 54.6 Å². The maximum absolute atomic E-state index is 9.68. The summed E-state index contributed by atoms with van der Waals surface area (Å²) < 4.78 is 5.88. The summed E-state index contributed by atoms with van der Waals surface area (Å²) in [4.78, 5) is 2.23. The number of hydrogen-bond acceptors (Lipinski definition) is 3. The SMILES string of the molecule is O[C@H]1CCCN(Cc2ccc(-c3ccc(Cl)cc3)o2)C1. The van der Waals surface area contributed by atoms with Crippen LogP contribution in [0.4, 0.5) is 0 Å². The molecule has 0 unspecified atom stereocenters. The predicted molar refractivity (Wildman–Crippen MR) is 79.7 cm³/mol. The van der Waals surface area contributed by atoms with Gasteiger partial charge in [-0.1, -0.05) is 11.6 Å². The number of rotatable bonds is 3. The van der Waals surface area contributed by atoms with Crippen molar-refractivity contribution in [2.24, 2.45) is 0 Å². The fraction of sp³-hybridized carbons (Fsp3) is 0.375. The van der Waals surface area contributed by atoms with Gasteiger partial charge in [-0.2, -0.15) is 0 Å². The molecule has 3 rings (SSSR count). The van der Waals surface area contributed by atoms with E-state index in [0.29, 0.717) is 0 Å². The molecule has 0 aliphatic carbocycles. The Morgan fingerprint density at radius 3 is 2.75 bits per heavy atom. The lowest BCUT2D eigenvalue weighted by Crippen LogP contribution is -2.37. The lowest BCUT2D eigenvalue weighted by molar-refractivity contribution is 0.0635. The standard InChI is InChI=1S/C16H18ClNO2/c17-13-5-3-12(4-6-13)16-8-7-15(20-16)11-18-9-1-2-14(19)10-18/h3-8,14,19H,1-2,9-11H2/t14-/m0/s1. The Hall–Kier alpha value is -1.29. The van der Waals surface area contributed by atoms with Crippen molar-refractivity contribution < 1.29 is 9.52 Å². The van der Waals surface area contributed by atoms with Gasteiger partial charge in [0.1, 0.15) is 11.5 Å². The number of likely N-dealkylation sites (tertiary alicyclic amines) is 1. The molecular formula is C16H18ClNO2. The average Bonchev–Trinajstić information content (AvgIpc) is 2.88. The third-order valence-corrected chi connectivity index (χ3v) is 3.90. The van der Waals surface area contributed by atoms with Crippen LogP contribution in [0, 0.1) is 0 Å². The van der Waals surface area contributed by atoms with Gasteiger partial charge in [0.25, 0.3) is 0 Å². The van der Waals surface area contributed by atoms with Crippen LogP contribution in [0.15, 0.2) is 40.8 Å². The summed E-state index contributed by atoms with van der Waals surface area (Å²) in [5.74, 6) is 1.79. The summed E-state index contributed by atoms with van der Waals surface area (Å²) in [6.07, 6.45) is 1.76. The molecule has 1 aromatic heterocycles. The molecule has 0 saturated carbocycles. The molecule has 2 heterocycles. The van der Waals surface area contributed by atoms with Crippen molar-refractivity contribution in [1.82, 2.24) is 4.90 Å². The molecule has 1 aliphatic rings. The van der Waals surface area contributed by atoms with Gasteiger partial charge in [0, 0.05) is 17.1 Å². The minimum Gasteiger partial charge on any atom is -0.460 e. The second-order valence-corrected chi connectivity index (χ2v) is 5.74. The molecular weight excluding hydrogens is 274 g/mol. The van der Waals surface area contributed by atoms with Gasteiger partial charge in [0.2, 0.25) is 0 Å². The number of aliphatic hydroxyl groups is 1. The number of aliphatic hydroxyl groups excluding tert-OH is 1. The lowest BCUT2D eigenvalue weighted by Gasteiger charge is -2.29. The van der Waals surface area contributed by atoms with Crippen molar-refractivity contribution in [3.05, 3.63) is 47.2 Å². The van der Waals surface area contributed by atoms with Crippen LogP contribution in [0.5, 0.6) is 0 Å². The maximum atomic E-state index is 9.68. The predicted octanol–water partition coefficient (Wildman–Crippen LogP) is 3.56. The Bertz CT molecular complexity index is 564. The summed E-state index contributed by atoms with van der Waals surface area (Å²) in [5, 5.41) is 10.4. The van der Waals surface area contributed by atoms with E-state index in [1.807, 2.05) is 36.4 Å². The van der Waals surface area contributed by atoms with Gasteiger partial charge in [0.05, 0.1) is 12.6 Å². The highest BCUT2D eigenvalue weighted by Crippen LogP contribution is 2.25. The zero-order valence-electron chi connectivity index (χ0n) is 11.3. The van der Waals surface area contributed by atoms with Gasteiger partial charge in [0.15, 0.2) is 0 Å². The smallest absolute Gasteiger partial charge is 0.134 e. The van der Waals surface area contributed by atoms with Gasteiger partial charge >= 0.3 is 0 Å². The van der Waals surface area contributed by atoms with E-state index < -0.39 is 0 Å². The minimum atomic E-state index is -0.200. The third kappa shape index (κ3) is 3.23. The number of furan rings is 1. The van der Waals surface area contributed by atoms with Crippen LogP contribution in [-0.2, 0) is 6.54 Å². The fourth-order valence-electron chi connectivity index (χ4n) is 2.63. The van der Waals surface area contributed by atoms with Gasteiger partial charge in [-0.25, -0.2) is 0 Å². The van der Waals surface area contributed by atoms with E-state index in [2.05, 4.69) is 4.90 Å². The number of halogens is 1. The second-order valence-electron chi connectivity index (χ2n) is 5.30. The van der Waals surface area contributed by atoms with Gasteiger partial charge in [-0.05, 0) is 55.8 Å². The maximum Gasteiger partial charge on any atom is 0.134 e. The molecule has 0 radical (unpaired) electrons. The van der Waals surface area contributed by atoms with E-state index in [-0.39, 0.29) is 6.10 Å². The number of hydrogen-bond donors (Lipinski definition) is 1. The number of β-amino-alcohol motifs (C(OH)–C–C–N with tert-alkyl or cyclic N) is 1. The highest BCUT2D eigenvalue weighted by molar-refractivity contribution is 6.30. The molecule has 0 bridgehead atoms. The van der Waals surface area contributed by atoms with E-state index in [9.17, 15) is 5.11 Å². The van der Waals surface area contributed by atoms with E-state index >= 15 is 0 Å². The highest BCUT2D eigenvalue weighted by atomic mass is 35.5.